The van der Waals surface area contributed by atoms with Crippen LogP contribution in [0.15, 0.2) is 0 Å². The first-order chi connectivity index (χ1) is 2.00. The fourth-order valence-electron chi connectivity index (χ4n) is 0. The molecule has 0 rings (SSSR count). The summed E-state index contributed by atoms with van der Waals surface area (Å²) in [5.41, 5.74) is 0. The molecule has 0 fully saturated rings. The third-order valence-electron chi connectivity index (χ3n) is 0. The Balaban J connectivity index is -0.00000000286. The van der Waals surface area contributed by atoms with Crippen molar-refractivity contribution >= 4 is 111 Å². The summed E-state index contributed by atoms with van der Waals surface area (Å²) in [6, 6.07) is 0. The summed E-state index contributed by atoms with van der Waals surface area (Å²) in [4.78, 5) is 21.6. The molecule has 84 valence electrons. The zero-order valence-corrected chi connectivity index (χ0v) is 6.09. The van der Waals surface area contributed by atoms with Gasteiger partial charge in [-0.2, -0.15) is 0 Å². The Kier molecular flexibility index (Phi) is 202. The normalized spacial score (nSPS) is 4.54. The summed E-state index contributed by atoms with van der Waals surface area (Å²) >= 11 is 0. The van der Waals surface area contributed by atoms with Crippen LogP contribution in [0, 0.1) is 0 Å². The maximum atomic E-state index is 8.88. The van der Waals surface area contributed by atoms with Crippen molar-refractivity contribution in [2.45, 2.75) is 0 Å². The minimum atomic E-state index is -4.64. The molecule has 0 amide bonds. The Labute approximate surface area is 159 Å². The molecule has 0 aromatic rings. The molecule has 0 saturated heterocycles. The molecule has 0 bridgehead atoms. The van der Waals surface area contributed by atoms with E-state index < -0.39 is 7.82 Å². The first kappa shape index (κ1) is 72.6. The van der Waals surface area contributed by atoms with Crippen molar-refractivity contribution < 1.29 is 52.1 Å². The van der Waals surface area contributed by atoms with Gasteiger partial charge in [0.2, 0.25) is 0 Å². The average Bonchev–Trinajstić information content (AvgIpc) is 0.722. The van der Waals surface area contributed by atoms with Gasteiger partial charge in [-0.25, -0.2) is 4.57 Å². The second-order valence-electron chi connectivity index (χ2n) is 0.513. The van der Waals surface area contributed by atoms with Crippen LogP contribution in [0.3, 0.4) is 0 Å². The number of hydrogen-bond donors (Lipinski definition) is 3. The third-order valence-corrected chi connectivity index (χ3v) is 0. The van der Waals surface area contributed by atoms with Gasteiger partial charge in [-0.3, -0.25) is 0 Å². The molecule has 0 aliphatic heterocycles. The molecule has 10 nitrogen and oxygen atoms in total. The van der Waals surface area contributed by atoms with E-state index in [0.717, 1.165) is 0 Å². The van der Waals surface area contributed by atoms with Crippen molar-refractivity contribution in [3.63, 3.8) is 0 Å². The van der Waals surface area contributed by atoms with Gasteiger partial charge in [-0.1, -0.05) is 0 Å². The predicted molar refractivity (Wildman–Crippen MR) is 50.2 cm³/mol. The molecule has 13 heavy (non-hydrogen) atoms. The topological polar surface area (TPSA) is 267 Å². The molecule has 0 atom stereocenters. The molecule has 13 heteroatoms. The van der Waals surface area contributed by atoms with Gasteiger partial charge in [-0.15, -0.1) is 0 Å². The monoisotopic (exact) mass is 286 g/mol. The molecule has 0 aliphatic carbocycles. The van der Waals surface area contributed by atoms with Gasteiger partial charge in [0.1, 0.15) is 0 Å². The summed E-state index contributed by atoms with van der Waals surface area (Å²) in [6.45, 7) is 0. The van der Waals surface area contributed by atoms with E-state index in [1.165, 1.54) is 0 Å². The van der Waals surface area contributed by atoms with Crippen LogP contribution in [0.5, 0.6) is 0 Å². The van der Waals surface area contributed by atoms with Crippen LogP contribution in [0.2, 0.25) is 0 Å². The number of hydrogen-bond acceptors (Lipinski definition) is 1. The van der Waals surface area contributed by atoms with Gasteiger partial charge < -0.3 is 47.5 Å². The van der Waals surface area contributed by atoms with Crippen LogP contribution in [0.25, 0.3) is 0 Å². The van der Waals surface area contributed by atoms with E-state index in [4.69, 9.17) is 19.2 Å². The number of rotatable bonds is 0. The van der Waals surface area contributed by atoms with E-state index in [0.29, 0.717) is 0 Å². The van der Waals surface area contributed by atoms with E-state index >= 15 is 0 Å². The van der Waals surface area contributed by atoms with Gasteiger partial charge in [0.05, 0.1) is 0 Å². The van der Waals surface area contributed by atoms with Gasteiger partial charge in [0.25, 0.3) is 0 Å². The first-order valence-electron chi connectivity index (χ1n) is 0.783. The van der Waals surface area contributed by atoms with E-state index in [-0.39, 0.29) is 136 Å². The van der Waals surface area contributed by atoms with Crippen LogP contribution in [0.1, 0.15) is 0 Å². The van der Waals surface area contributed by atoms with Crippen LogP contribution in [0.4, 0.5) is 0 Å². The van der Waals surface area contributed by atoms with Crippen LogP contribution < -0.4 is 0 Å². The molecule has 0 unspecified atom stereocenters. The maximum absolute atomic E-state index is 8.88. The molecule has 0 aromatic heterocycles. The van der Waals surface area contributed by atoms with E-state index in [1.807, 2.05) is 0 Å². The van der Waals surface area contributed by atoms with Gasteiger partial charge in [0.15, 0.2) is 0 Å². The van der Waals surface area contributed by atoms with Crippen LogP contribution >= 0.6 is 7.82 Å². The summed E-state index contributed by atoms with van der Waals surface area (Å²) in [5, 5.41) is 0. The second kappa shape index (κ2) is 36.2. The second-order valence-corrected chi connectivity index (χ2v) is 1.54. The summed E-state index contributed by atoms with van der Waals surface area (Å²) < 4.78 is 8.88. The third kappa shape index (κ3) is 265. The Bertz CT molecular complexity index is 59.1. The quantitative estimate of drug-likeness (QED) is 0.289. The number of phosphoric acid groups is 1. The van der Waals surface area contributed by atoms with Crippen molar-refractivity contribution in [1.82, 2.24) is 0 Å². The van der Waals surface area contributed by atoms with Crippen molar-refractivity contribution in [1.29, 1.82) is 0 Å². The molecule has 0 heterocycles. The molecule has 0 saturated carbocycles. The van der Waals surface area contributed by atoms with Crippen molar-refractivity contribution in [2.75, 3.05) is 0 Å². The van der Waals surface area contributed by atoms with Crippen molar-refractivity contribution in [3.8, 4) is 0 Å². The van der Waals surface area contributed by atoms with Crippen molar-refractivity contribution in [2.24, 2.45) is 0 Å². The first-order valence-corrected chi connectivity index (χ1v) is 2.35. The van der Waals surface area contributed by atoms with Crippen molar-refractivity contribution in [3.05, 3.63) is 0 Å². The zero-order chi connectivity index (χ0) is 4.50. The van der Waals surface area contributed by atoms with Gasteiger partial charge in [-0.05, 0) is 0 Å². The zero-order valence-electron chi connectivity index (χ0n) is 5.20. The fraction of sp³-hybridized carbons (Fsp3) is 0. The summed E-state index contributed by atoms with van der Waals surface area (Å²) in [6.07, 6.45) is 0. The van der Waals surface area contributed by atoms with Gasteiger partial charge >= 0.3 is 111 Å². The Morgan fingerprint density at radius 1 is 0.615 bits per heavy atom. The van der Waals surface area contributed by atoms with Gasteiger partial charge in [0, 0.05) is 0 Å². The molecule has 15 N–H and O–H groups in total. The summed E-state index contributed by atoms with van der Waals surface area (Å²) in [5.74, 6) is 0. The Morgan fingerprint density at radius 3 is 0.615 bits per heavy atom. The van der Waals surface area contributed by atoms with E-state index in [2.05, 4.69) is 0 Å². The molecule has 0 aromatic carbocycles. The van der Waals surface area contributed by atoms with Crippen LogP contribution in [-0.4, -0.2) is 150 Å². The Hall–Kier alpha value is 3.14. The fourth-order valence-corrected chi connectivity index (χ4v) is 0. The molecular formula is H17K2O10P. The molecule has 0 radical (unpaired) electrons. The molecule has 0 spiro atoms. The van der Waals surface area contributed by atoms with Crippen LogP contribution in [-0.2, 0) is 4.57 Å². The average molecular weight is 286 g/mol. The molecular weight excluding hydrogens is 269 g/mol. The van der Waals surface area contributed by atoms with E-state index in [9.17, 15) is 0 Å². The predicted octanol–water partition coefficient (Wildman–Crippen LogP) is -7.17. The minimum absolute atomic E-state index is 0. The standard InChI is InChI=1S/2K.H3O4P.6H2O.2H/c;;1-5(2,3)4;;;;;;;;/h;;(H3,1,2,3,4);6*1H2;;. The summed E-state index contributed by atoms with van der Waals surface area (Å²) in [7, 11) is -4.64. The SMILES string of the molecule is O.O.O.O.O.O.O=P(O)(O)O.[KH].[KH]. The molecule has 0 aliphatic rings. The van der Waals surface area contributed by atoms with E-state index in [1.54, 1.807) is 0 Å². The Morgan fingerprint density at radius 2 is 0.615 bits per heavy atom.